The molecule has 1 N–H and O–H groups in total. The Labute approximate surface area is 113 Å². The summed E-state index contributed by atoms with van der Waals surface area (Å²) in [6.07, 6.45) is 0.226. The van der Waals surface area contributed by atoms with Gasteiger partial charge in [-0.2, -0.15) is 10.1 Å². The second-order valence-corrected chi connectivity index (χ2v) is 5.02. The molecule has 1 amide bonds. The minimum atomic E-state index is -0.187. The third kappa shape index (κ3) is 3.08. The Bertz CT molecular complexity index is 654. The first-order valence-electron chi connectivity index (χ1n) is 5.80. The van der Waals surface area contributed by atoms with E-state index in [1.54, 1.807) is 23.9 Å². The number of hydrogen-bond donors (Lipinski definition) is 1. The molecule has 2 aromatic rings. The SMILES string of the molecule is Cc1nc(NC(=O)CCn2c(C)csc2=O)n(C)n1. The fourth-order valence-electron chi connectivity index (χ4n) is 1.70. The van der Waals surface area contributed by atoms with E-state index in [4.69, 9.17) is 0 Å². The Morgan fingerprint density at radius 1 is 1.47 bits per heavy atom. The van der Waals surface area contributed by atoms with Gasteiger partial charge in [0.1, 0.15) is 5.82 Å². The number of amides is 1. The van der Waals surface area contributed by atoms with Crippen molar-refractivity contribution in [3.63, 3.8) is 0 Å². The molecule has 0 atom stereocenters. The summed E-state index contributed by atoms with van der Waals surface area (Å²) < 4.78 is 3.10. The van der Waals surface area contributed by atoms with Crippen molar-refractivity contribution in [3.8, 4) is 0 Å². The van der Waals surface area contributed by atoms with Crippen molar-refractivity contribution >= 4 is 23.2 Å². The van der Waals surface area contributed by atoms with Crippen LogP contribution in [-0.4, -0.2) is 25.2 Å². The third-order valence-electron chi connectivity index (χ3n) is 2.66. The summed E-state index contributed by atoms with van der Waals surface area (Å²) in [5.41, 5.74) is 0.873. The van der Waals surface area contributed by atoms with E-state index >= 15 is 0 Å². The van der Waals surface area contributed by atoms with E-state index in [0.29, 0.717) is 18.3 Å². The summed E-state index contributed by atoms with van der Waals surface area (Å²) in [6, 6.07) is 0. The number of hydrogen-bond acceptors (Lipinski definition) is 5. The normalized spacial score (nSPS) is 10.7. The second kappa shape index (κ2) is 5.35. The zero-order valence-corrected chi connectivity index (χ0v) is 11.8. The van der Waals surface area contributed by atoms with Gasteiger partial charge in [-0.3, -0.25) is 14.9 Å². The maximum absolute atomic E-state index is 11.8. The number of aromatic nitrogens is 4. The molecule has 2 rings (SSSR count). The van der Waals surface area contributed by atoms with Crippen LogP contribution < -0.4 is 10.2 Å². The highest BCUT2D eigenvalue weighted by Gasteiger charge is 2.10. The van der Waals surface area contributed by atoms with Crippen molar-refractivity contribution in [2.75, 3.05) is 5.32 Å². The molecule has 2 heterocycles. The maximum Gasteiger partial charge on any atom is 0.307 e. The number of aryl methyl sites for hydroxylation is 3. The minimum absolute atomic E-state index is 0.0418. The van der Waals surface area contributed by atoms with Crippen molar-refractivity contribution in [2.24, 2.45) is 7.05 Å². The number of nitrogens with one attached hydrogen (secondary N) is 1. The van der Waals surface area contributed by atoms with Crippen LogP contribution in [0.1, 0.15) is 17.9 Å². The summed E-state index contributed by atoms with van der Waals surface area (Å²) in [5, 5.41) is 8.49. The number of rotatable bonds is 4. The number of thiazole rings is 1. The Kier molecular flexibility index (Phi) is 3.79. The van der Waals surface area contributed by atoms with Crippen molar-refractivity contribution in [1.82, 2.24) is 19.3 Å². The van der Waals surface area contributed by atoms with Crippen LogP contribution in [0.5, 0.6) is 0 Å². The lowest BCUT2D eigenvalue weighted by molar-refractivity contribution is -0.116. The van der Waals surface area contributed by atoms with Crippen LogP contribution in [0.2, 0.25) is 0 Å². The molecule has 102 valence electrons. The van der Waals surface area contributed by atoms with E-state index < -0.39 is 0 Å². The van der Waals surface area contributed by atoms with Crippen LogP contribution in [0.3, 0.4) is 0 Å². The zero-order valence-electron chi connectivity index (χ0n) is 11.0. The zero-order chi connectivity index (χ0) is 14.0. The fourth-order valence-corrected chi connectivity index (χ4v) is 2.46. The maximum atomic E-state index is 11.8. The first kappa shape index (κ1) is 13.5. The molecule has 7 nitrogen and oxygen atoms in total. The lowest BCUT2D eigenvalue weighted by Crippen LogP contribution is -2.21. The van der Waals surface area contributed by atoms with Crippen LogP contribution >= 0.6 is 11.3 Å². The largest absolute Gasteiger partial charge is 0.307 e. The quantitative estimate of drug-likeness (QED) is 0.893. The van der Waals surface area contributed by atoms with Gasteiger partial charge in [0.25, 0.3) is 0 Å². The molecule has 0 spiro atoms. The molecule has 0 radical (unpaired) electrons. The molecule has 0 aliphatic rings. The molecule has 0 fully saturated rings. The highest BCUT2D eigenvalue weighted by molar-refractivity contribution is 7.07. The van der Waals surface area contributed by atoms with Gasteiger partial charge in [0.15, 0.2) is 0 Å². The molecule has 0 saturated carbocycles. The summed E-state index contributed by atoms with van der Waals surface area (Å²) in [4.78, 5) is 27.3. The lowest BCUT2D eigenvalue weighted by Gasteiger charge is -2.05. The van der Waals surface area contributed by atoms with Crippen molar-refractivity contribution in [3.05, 3.63) is 26.6 Å². The molecule has 8 heteroatoms. The predicted molar refractivity (Wildman–Crippen MR) is 72.3 cm³/mol. The summed E-state index contributed by atoms with van der Waals surface area (Å²) in [6.45, 7) is 3.97. The van der Waals surface area contributed by atoms with Crippen LogP contribution in [0, 0.1) is 13.8 Å². The average Bonchev–Trinajstić information content (AvgIpc) is 2.81. The molecule has 0 bridgehead atoms. The van der Waals surface area contributed by atoms with Gasteiger partial charge in [-0.05, 0) is 13.8 Å². The highest BCUT2D eigenvalue weighted by atomic mass is 32.1. The minimum Gasteiger partial charge on any atom is -0.303 e. The van der Waals surface area contributed by atoms with Crippen molar-refractivity contribution < 1.29 is 4.79 Å². The molecule has 0 saturated heterocycles. The fraction of sp³-hybridized carbons (Fsp3) is 0.455. The summed E-state index contributed by atoms with van der Waals surface area (Å²) >= 11 is 1.14. The van der Waals surface area contributed by atoms with Gasteiger partial charge in [-0.1, -0.05) is 11.3 Å². The number of carbonyl (C=O) groups is 1. The van der Waals surface area contributed by atoms with Gasteiger partial charge in [0, 0.05) is 31.1 Å². The van der Waals surface area contributed by atoms with Gasteiger partial charge < -0.3 is 4.57 Å². The predicted octanol–water partition coefficient (Wildman–Crippen LogP) is 0.684. The van der Waals surface area contributed by atoms with Crippen molar-refractivity contribution in [2.45, 2.75) is 26.8 Å². The standard InChI is InChI=1S/C11H15N5O2S/c1-7-6-19-11(18)16(7)5-4-9(17)13-10-12-8(2)14-15(10)3/h6H,4-5H2,1-3H3,(H,12,13,14,17). The lowest BCUT2D eigenvalue weighted by atomic mass is 10.4. The number of anilines is 1. The van der Waals surface area contributed by atoms with E-state index in [0.717, 1.165) is 17.0 Å². The van der Waals surface area contributed by atoms with Gasteiger partial charge in [0.2, 0.25) is 11.9 Å². The summed E-state index contributed by atoms with van der Waals surface area (Å²) in [7, 11) is 1.71. The Morgan fingerprint density at radius 3 is 2.74 bits per heavy atom. The van der Waals surface area contributed by atoms with Crippen LogP contribution in [0.4, 0.5) is 5.95 Å². The number of carbonyl (C=O) groups excluding carboxylic acids is 1. The molecule has 0 aliphatic carbocycles. The van der Waals surface area contributed by atoms with Crippen LogP contribution in [0.15, 0.2) is 10.2 Å². The van der Waals surface area contributed by atoms with E-state index in [-0.39, 0.29) is 17.2 Å². The molecule has 0 unspecified atom stereocenters. The van der Waals surface area contributed by atoms with E-state index in [2.05, 4.69) is 15.4 Å². The van der Waals surface area contributed by atoms with Crippen LogP contribution in [-0.2, 0) is 18.4 Å². The highest BCUT2D eigenvalue weighted by Crippen LogP contribution is 2.04. The first-order chi connectivity index (χ1) is 8.97. The molecule has 0 aromatic carbocycles. The summed E-state index contributed by atoms with van der Waals surface area (Å²) in [5.74, 6) is 0.826. The number of nitrogens with zero attached hydrogens (tertiary/aromatic N) is 4. The average molecular weight is 281 g/mol. The molecule has 19 heavy (non-hydrogen) atoms. The Hall–Kier alpha value is -1.96. The molecular weight excluding hydrogens is 266 g/mol. The Morgan fingerprint density at radius 2 is 2.21 bits per heavy atom. The first-order valence-corrected chi connectivity index (χ1v) is 6.68. The molecular formula is C11H15N5O2S. The van der Waals surface area contributed by atoms with E-state index in [1.165, 1.54) is 4.68 Å². The van der Waals surface area contributed by atoms with Gasteiger partial charge in [-0.25, -0.2) is 4.68 Å². The van der Waals surface area contributed by atoms with Gasteiger partial charge in [-0.15, -0.1) is 0 Å². The molecule has 2 aromatic heterocycles. The van der Waals surface area contributed by atoms with Gasteiger partial charge in [0.05, 0.1) is 0 Å². The second-order valence-electron chi connectivity index (χ2n) is 4.20. The smallest absolute Gasteiger partial charge is 0.303 e. The van der Waals surface area contributed by atoms with Crippen molar-refractivity contribution in [1.29, 1.82) is 0 Å². The van der Waals surface area contributed by atoms with Crippen LogP contribution in [0.25, 0.3) is 0 Å². The van der Waals surface area contributed by atoms with E-state index in [9.17, 15) is 9.59 Å². The Balaban J connectivity index is 1.96. The topological polar surface area (TPSA) is 81.8 Å². The molecule has 0 aliphatic heterocycles. The van der Waals surface area contributed by atoms with Gasteiger partial charge >= 0.3 is 4.87 Å². The monoisotopic (exact) mass is 281 g/mol. The van der Waals surface area contributed by atoms with E-state index in [1.807, 2.05) is 6.92 Å². The third-order valence-corrected chi connectivity index (χ3v) is 3.54.